The average molecular weight is 413 g/mol. The van der Waals surface area contributed by atoms with Gasteiger partial charge in [-0.2, -0.15) is 0 Å². The second-order valence-electron chi connectivity index (χ2n) is 7.86. The highest BCUT2D eigenvalue weighted by atomic mass is 16.6. The number of aliphatic hydroxyl groups is 1. The third-order valence-electron chi connectivity index (χ3n) is 4.98. The van der Waals surface area contributed by atoms with Crippen LogP contribution in [0.2, 0.25) is 0 Å². The highest BCUT2D eigenvalue weighted by Gasteiger charge is 2.36. The van der Waals surface area contributed by atoms with E-state index in [1.165, 1.54) is 39.0 Å². The van der Waals surface area contributed by atoms with Crippen LogP contribution in [-0.4, -0.2) is 48.6 Å². The van der Waals surface area contributed by atoms with Crippen molar-refractivity contribution in [2.75, 3.05) is 13.2 Å². The van der Waals surface area contributed by atoms with Crippen molar-refractivity contribution < 1.29 is 28.9 Å². The van der Waals surface area contributed by atoms with Crippen molar-refractivity contribution in [1.29, 1.82) is 0 Å². The number of carbonyl (C=O) groups is 2. The van der Waals surface area contributed by atoms with Gasteiger partial charge in [0.15, 0.2) is 0 Å². The number of ether oxygens (including phenoxy) is 3. The van der Waals surface area contributed by atoms with Crippen molar-refractivity contribution in [3.8, 4) is 0 Å². The first kappa shape index (κ1) is 25.6. The molecule has 0 saturated carbocycles. The van der Waals surface area contributed by atoms with Crippen LogP contribution in [-0.2, 0) is 23.8 Å². The van der Waals surface area contributed by atoms with E-state index in [1.54, 1.807) is 0 Å². The lowest BCUT2D eigenvalue weighted by atomic mass is 10.1. The summed E-state index contributed by atoms with van der Waals surface area (Å²) >= 11 is 0. The molecule has 6 nitrogen and oxygen atoms in total. The van der Waals surface area contributed by atoms with Gasteiger partial charge in [0.25, 0.3) is 0 Å². The molecule has 1 N–H and O–H groups in total. The summed E-state index contributed by atoms with van der Waals surface area (Å²) in [5, 5.41) is 9.51. The molecule has 1 heterocycles. The van der Waals surface area contributed by atoms with Gasteiger partial charge in [-0.25, -0.2) is 0 Å². The largest absolute Gasteiger partial charge is 0.463 e. The fourth-order valence-corrected chi connectivity index (χ4v) is 3.17. The predicted octanol–water partition coefficient (Wildman–Crippen LogP) is 4.48. The Hall–Kier alpha value is -1.40. The molecule has 0 aromatic rings. The van der Waals surface area contributed by atoms with Gasteiger partial charge in [0.05, 0.1) is 12.2 Å². The maximum Gasteiger partial charge on any atom is 0.305 e. The van der Waals surface area contributed by atoms with Crippen molar-refractivity contribution in [2.24, 2.45) is 0 Å². The van der Waals surface area contributed by atoms with E-state index in [4.69, 9.17) is 9.47 Å². The molecule has 1 fully saturated rings. The van der Waals surface area contributed by atoms with Crippen LogP contribution in [0.15, 0.2) is 12.2 Å². The van der Waals surface area contributed by atoms with Crippen LogP contribution in [0.4, 0.5) is 0 Å². The second-order valence-corrected chi connectivity index (χ2v) is 7.86. The molecule has 1 rings (SSSR count). The molecule has 1 saturated heterocycles. The molecule has 2 unspecified atom stereocenters. The third-order valence-corrected chi connectivity index (χ3v) is 4.98. The molecule has 3 atom stereocenters. The summed E-state index contributed by atoms with van der Waals surface area (Å²) in [6, 6.07) is 0. The number of esters is 2. The molecule has 0 spiro atoms. The molecule has 1 aliphatic heterocycles. The summed E-state index contributed by atoms with van der Waals surface area (Å²) in [5.41, 5.74) is 0. The van der Waals surface area contributed by atoms with Crippen LogP contribution >= 0.6 is 0 Å². The molecule has 0 aromatic carbocycles. The summed E-state index contributed by atoms with van der Waals surface area (Å²) in [6.07, 6.45) is 17.3. The van der Waals surface area contributed by atoms with E-state index in [0.717, 1.165) is 38.5 Å². The summed E-state index contributed by atoms with van der Waals surface area (Å²) in [4.78, 5) is 22.2. The van der Waals surface area contributed by atoms with Gasteiger partial charge in [-0.3, -0.25) is 9.59 Å². The van der Waals surface area contributed by atoms with E-state index >= 15 is 0 Å². The Bertz CT molecular complexity index is 476. The zero-order valence-electron chi connectivity index (χ0n) is 18.3. The number of rotatable bonds is 18. The summed E-state index contributed by atoms with van der Waals surface area (Å²) in [6.45, 7) is 3.21. The van der Waals surface area contributed by atoms with Crippen LogP contribution in [0.1, 0.15) is 90.9 Å². The summed E-state index contributed by atoms with van der Waals surface area (Å²) in [5.74, 6) is -0.780. The van der Waals surface area contributed by atoms with E-state index < -0.39 is 12.1 Å². The molecular weight excluding hydrogens is 372 g/mol. The monoisotopic (exact) mass is 412 g/mol. The van der Waals surface area contributed by atoms with Crippen LogP contribution in [0.25, 0.3) is 0 Å². The maximum atomic E-state index is 11.6. The molecule has 0 aromatic heterocycles. The highest BCUT2D eigenvalue weighted by molar-refractivity contribution is 5.69. The lowest BCUT2D eigenvalue weighted by Crippen LogP contribution is -2.24. The molecule has 6 heteroatoms. The van der Waals surface area contributed by atoms with Crippen LogP contribution < -0.4 is 0 Å². The first-order valence-corrected chi connectivity index (χ1v) is 11.3. The Morgan fingerprint density at radius 2 is 1.69 bits per heavy atom. The van der Waals surface area contributed by atoms with Crippen molar-refractivity contribution in [2.45, 2.75) is 109 Å². The number of hydrogen-bond acceptors (Lipinski definition) is 6. The van der Waals surface area contributed by atoms with E-state index in [9.17, 15) is 14.7 Å². The number of carbonyl (C=O) groups excluding carboxylic acids is 2. The molecule has 168 valence electrons. The average Bonchev–Trinajstić information content (AvgIpc) is 3.44. The highest BCUT2D eigenvalue weighted by Crippen LogP contribution is 2.30. The minimum atomic E-state index is -0.965. The fourth-order valence-electron chi connectivity index (χ4n) is 3.17. The molecule has 0 amide bonds. The molecule has 0 aliphatic carbocycles. The van der Waals surface area contributed by atoms with E-state index in [1.807, 2.05) is 0 Å². The smallest absolute Gasteiger partial charge is 0.305 e. The van der Waals surface area contributed by atoms with Gasteiger partial charge in [0.2, 0.25) is 0 Å². The fraction of sp³-hybridized carbons (Fsp3) is 0.826. The Morgan fingerprint density at radius 1 is 0.966 bits per heavy atom. The van der Waals surface area contributed by atoms with Crippen molar-refractivity contribution in [1.82, 2.24) is 0 Å². The molecule has 29 heavy (non-hydrogen) atoms. The van der Waals surface area contributed by atoms with Crippen LogP contribution in [0, 0.1) is 0 Å². The van der Waals surface area contributed by atoms with Gasteiger partial charge in [0.1, 0.15) is 19.3 Å². The molecular formula is C23H40O6. The Labute approximate surface area is 176 Å². The molecule has 0 radical (unpaired) electrons. The summed E-state index contributed by atoms with van der Waals surface area (Å²) < 4.78 is 15.3. The van der Waals surface area contributed by atoms with Crippen LogP contribution in [0.3, 0.4) is 0 Å². The molecule has 0 bridgehead atoms. The van der Waals surface area contributed by atoms with Crippen molar-refractivity contribution in [3.05, 3.63) is 12.2 Å². The number of aliphatic hydroxyl groups excluding tert-OH is 1. The van der Waals surface area contributed by atoms with Gasteiger partial charge >= 0.3 is 11.9 Å². The number of hydrogen-bond donors (Lipinski definition) is 1. The quantitative estimate of drug-likeness (QED) is 0.155. The predicted molar refractivity (Wildman–Crippen MR) is 112 cm³/mol. The third kappa shape index (κ3) is 15.1. The lowest BCUT2D eigenvalue weighted by molar-refractivity contribution is -0.151. The van der Waals surface area contributed by atoms with E-state index in [-0.39, 0.29) is 19.2 Å². The van der Waals surface area contributed by atoms with Gasteiger partial charge < -0.3 is 19.3 Å². The zero-order chi connectivity index (χ0) is 21.3. The Kier molecular flexibility index (Phi) is 14.5. The minimum Gasteiger partial charge on any atom is -0.463 e. The first-order chi connectivity index (χ1) is 14.0. The van der Waals surface area contributed by atoms with Gasteiger partial charge in [-0.05, 0) is 32.1 Å². The zero-order valence-corrected chi connectivity index (χ0v) is 18.3. The Morgan fingerprint density at radius 3 is 2.45 bits per heavy atom. The maximum absolute atomic E-state index is 11.6. The van der Waals surface area contributed by atoms with E-state index in [2.05, 4.69) is 23.8 Å². The minimum absolute atomic E-state index is 0.136. The summed E-state index contributed by atoms with van der Waals surface area (Å²) in [7, 11) is 0. The van der Waals surface area contributed by atoms with Gasteiger partial charge in [-0.1, -0.05) is 57.6 Å². The number of unbranched alkanes of at least 4 members (excludes halogenated alkanes) is 7. The first-order valence-electron chi connectivity index (χ1n) is 11.3. The van der Waals surface area contributed by atoms with Crippen molar-refractivity contribution in [3.63, 3.8) is 0 Å². The lowest BCUT2D eigenvalue weighted by Gasteiger charge is -2.11. The number of epoxide rings is 1. The van der Waals surface area contributed by atoms with Crippen LogP contribution in [0.5, 0.6) is 0 Å². The van der Waals surface area contributed by atoms with Crippen molar-refractivity contribution >= 4 is 11.9 Å². The normalized spacial score (nSPS) is 19.3. The SMILES string of the molecule is CCCCC/C=C\CC1OC1CCCCCCCC(=O)OC[C@@H](O)COC(C)=O. The standard InChI is InChI=1S/C23H40O6/c1-3-4-5-6-8-11-14-21-22(29-21)15-12-9-7-10-13-16-23(26)28-18-20(25)17-27-19(2)24/h8,11,20-22,25H,3-7,9-10,12-18H2,1-2H3/b11-8-/t20-,21?,22?/m0/s1. The second kappa shape index (κ2) is 16.4. The topological polar surface area (TPSA) is 85.4 Å². The van der Waals surface area contributed by atoms with Gasteiger partial charge in [-0.15, -0.1) is 0 Å². The van der Waals surface area contributed by atoms with E-state index in [0.29, 0.717) is 18.6 Å². The Balaban J connectivity index is 1.85. The molecule has 1 aliphatic rings. The van der Waals surface area contributed by atoms with Gasteiger partial charge in [0, 0.05) is 13.3 Å². The number of allylic oxidation sites excluding steroid dienone is 1.